The van der Waals surface area contributed by atoms with Gasteiger partial charge in [-0.2, -0.15) is 0 Å². The third-order valence-electron chi connectivity index (χ3n) is 3.93. The maximum atomic E-state index is 12.9. The first-order chi connectivity index (χ1) is 13.3. The molecule has 2 aromatic heterocycles. The van der Waals surface area contributed by atoms with Crippen LogP contribution >= 0.6 is 0 Å². The average molecular weight is 380 g/mol. The van der Waals surface area contributed by atoms with Crippen molar-refractivity contribution in [1.29, 1.82) is 0 Å². The number of carbonyl (C=O) groups is 2. The zero-order valence-corrected chi connectivity index (χ0v) is 16.0. The summed E-state index contributed by atoms with van der Waals surface area (Å²) in [5.41, 5.74) is 0.725. The van der Waals surface area contributed by atoms with Crippen LogP contribution in [-0.4, -0.2) is 34.6 Å². The number of rotatable bonds is 4. The Hall–Kier alpha value is -3.55. The number of amides is 1. The summed E-state index contributed by atoms with van der Waals surface area (Å²) in [5.74, 6) is -0.362. The van der Waals surface area contributed by atoms with E-state index in [4.69, 9.17) is 9.25 Å². The Balaban J connectivity index is 1.92. The van der Waals surface area contributed by atoms with Gasteiger partial charge >= 0.3 is 6.09 Å². The molecule has 0 spiro atoms. The van der Waals surface area contributed by atoms with Gasteiger partial charge in [0.1, 0.15) is 5.52 Å². The van der Waals surface area contributed by atoms with E-state index in [2.05, 4.69) is 15.1 Å². The number of aromatic nitrogens is 2. The quantitative estimate of drug-likeness (QED) is 0.388. The van der Waals surface area contributed by atoms with Crippen molar-refractivity contribution in [3.8, 4) is 0 Å². The molecule has 0 saturated carbocycles. The van der Waals surface area contributed by atoms with Crippen LogP contribution in [0.1, 0.15) is 26.7 Å². The number of Topliss-reactive ketones (excluding diaryl/α,β-unsaturated/α-hetero) is 1. The molecule has 8 heteroatoms. The molecule has 1 aromatic carbocycles. The van der Waals surface area contributed by atoms with Crippen LogP contribution in [0, 0.1) is 5.41 Å². The van der Waals surface area contributed by atoms with Gasteiger partial charge in [-0.05, 0) is 24.3 Å². The van der Waals surface area contributed by atoms with Crippen molar-refractivity contribution in [3.05, 3.63) is 54.7 Å². The molecule has 0 aliphatic heterocycles. The maximum Gasteiger partial charge on any atom is 0.440 e. The highest BCUT2D eigenvalue weighted by Gasteiger charge is 2.32. The smallest absolute Gasteiger partial charge is 0.435 e. The predicted octanol–water partition coefficient (Wildman–Crippen LogP) is 3.82. The number of hydrogen-bond donors (Lipinski definition) is 0. The number of para-hydroxylation sites is 2. The van der Waals surface area contributed by atoms with Crippen LogP contribution in [0.4, 0.5) is 10.5 Å². The van der Waals surface area contributed by atoms with Crippen molar-refractivity contribution in [3.63, 3.8) is 0 Å². The number of oxazole rings is 1. The number of carbonyl (C=O) groups excluding carboxylic acids is 2. The van der Waals surface area contributed by atoms with E-state index in [1.807, 2.05) is 0 Å². The molecule has 28 heavy (non-hydrogen) atoms. The van der Waals surface area contributed by atoms with Crippen molar-refractivity contribution in [2.45, 2.75) is 20.8 Å². The van der Waals surface area contributed by atoms with Crippen LogP contribution in [0.3, 0.4) is 0 Å². The normalized spacial score (nSPS) is 12.1. The Labute approximate surface area is 161 Å². The highest BCUT2D eigenvalue weighted by molar-refractivity contribution is 6.46. The maximum absolute atomic E-state index is 12.9. The molecule has 0 N–H and O–H groups in total. The van der Waals surface area contributed by atoms with Gasteiger partial charge in [0.05, 0.1) is 0 Å². The first-order valence-electron chi connectivity index (χ1n) is 8.61. The third kappa shape index (κ3) is 4.06. The van der Waals surface area contributed by atoms with E-state index in [0.717, 1.165) is 0 Å². The van der Waals surface area contributed by atoms with Crippen molar-refractivity contribution < 1.29 is 18.8 Å². The molecular weight excluding hydrogens is 360 g/mol. The lowest BCUT2D eigenvalue weighted by Gasteiger charge is -2.17. The largest absolute Gasteiger partial charge is 0.440 e. The SMILES string of the molecule is CN(C(=O)ON=C(C(=O)C(C)(C)C)c1nc2ccccc2o1)c1ccncc1. The van der Waals surface area contributed by atoms with E-state index in [1.165, 1.54) is 11.9 Å². The first kappa shape index (κ1) is 19.2. The minimum absolute atomic E-state index is 0.000453. The fourth-order valence-corrected chi connectivity index (χ4v) is 2.33. The van der Waals surface area contributed by atoms with E-state index in [1.54, 1.807) is 69.6 Å². The second kappa shape index (κ2) is 7.59. The molecule has 144 valence electrons. The fourth-order valence-electron chi connectivity index (χ4n) is 2.33. The summed E-state index contributed by atoms with van der Waals surface area (Å²) in [6, 6.07) is 10.4. The molecule has 0 unspecified atom stereocenters. The topological polar surface area (TPSA) is 97.9 Å². The summed E-state index contributed by atoms with van der Waals surface area (Å²) in [6.07, 6.45) is 2.34. The number of fused-ring (bicyclic) bond motifs is 1. The Morgan fingerprint density at radius 3 is 2.43 bits per heavy atom. The molecule has 0 aliphatic carbocycles. The Bertz CT molecular complexity index is 1000. The number of benzene rings is 1. The highest BCUT2D eigenvalue weighted by Crippen LogP contribution is 2.22. The van der Waals surface area contributed by atoms with Crippen molar-refractivity contribution in [2.75, 3.05) is 11.9 Å². The van der Waals surface area contributed by atoms with Crippen LogP contribution in [-0.2, 0) is 9.63 Å². The van der Waals surface area contributed by atoms with Gasteiger partial charge in [-0.25, -0.2) is 9.78 Å². The van der Waals surface area contributed by atoms with Gasteiger partial charge < -0.3 is 4.42 Å². The molecule has 2 heterocycles. The number of ketones is 1. The molecule has 0 radical (unpaired) electrons. The van der Waals surface area contributed by atoms with Crippen molar-refractivity contribution in [2.24, 2.45) is 10.6 Å². The molecule has 0 atom stereocenters. The summed E-state index contributed by atoms with van der Waals surface area (Å²) in [6.45, 7) is 5.20. The van der Waals surface area contributed by atoms with Gasteiger partial charge in [-0.1, -0.05) is 38.1 Å². The minimum Gasteiger partial charge on any atom is -0.435 e. The van der Waals surface area contributed by atoms with E-state index >= 15 is 0 Å². The van der Waals surface area contributed by atoms with E-state index in [-0.39, 0.29) is 17.4 Å². The number of hydrogen-bond acceptors (Lipinski definition) is 7. The number of pyridine rings is 1. The van der Waals surface area contributed by atoms with Gasteiger partial charge in [-0.15, -0.1) is 0 Å². The van der Waals surface area contributed by atoms with Crippen molar-refractivity contribution in [1.82, 2.24) is 9.97 Å². The average Bonchev–Trinajstić information content (AvgIpc) is 3.11. The fraction of sp³-hybridized carbons (Fsp3) is 0.250. The minimum atomic E-state index is -0.775. The molecule has 3 aromatic rings. The summed E-state index contributed by atoms with van der Waals surface area (Å²) in [7, 11) is 1.53. The molecule has 0 saturated heterocycles. The molecule has 0 fully saturated rings. The summed E-state index contributed by atoms with van der Waals surface area (Å²) in [5, 5.41) is 3.81. The van der Waals surface area contributed by atoms with Gasteiger partial charge in [0.25, 0.3) is 5.89 Å². The number of anilines is 1. The van der Waals surface area contributed by atoms with Gasteiger partial charge in [-0.3, -0.25) is 19.5 Å². The number of oxime groups is 1. The molecule has 1 amide bonds. The van der Waals surface area contributed by atoms with Crippen LogP contribution in [0.2, 0.25) is 0 Å². The van der Waals surface area contributed by atoms with Crippen LogP contribution in [0.5, 0.6) is 0 Å². The molecule has 0 aliphatic rings. The summed E-state index contributed by atoms with van der Waals surface area (Å²) >= 11 is 0. The molecular formula is C20H20N4O4. The van der Waals surface area contributed by atoms with Crippen LogP contribution < -0.4 is 4.90 Å². The zero-order valence-electron chi connectivity index (χ0n) is 16.0. The second-order valence-electron chi connectivity index (χ2n) is 7.13. The Morgan fingerprint density at radius 2 is 1.79 bits per heavy atom. The Morgan fingerprint density at radius 1 is 1.11 bits per heavy atom. The second-order valence-corrected chi connectivity index (χ2v) is 7.13. The summed E-state index contributed by atoms with van der Waals surface area (Å²) in [4.78, 5) is 39.7. The van der Waals surface area contributed by atoms with Crippen molar-refractivity contribution >= 4 is 34.4 Å². The third-order valence-corrected chi connectivity index (χ3v) is 3.93. The van der Waals surface area contributed by atoms with E-state index in [0.29, 0.717) is 16.8 Å². The van der Waals surface area contributed by atoms with E-state index < -0.39 is 11.5 Å². The Kier molecular flexibility index (Phi) is 5.21. The predicted molar refractivity (Wildman–Crippen MR) is 104 cm³/mol. The highest BCUT2D eigenvalue weighted by atomic mass is 16.7. The molecule has 8 nitrogen and oxygen atoms in total. The van der Waals surface area contributed by atoms with Crippen LogP contribution in [0.25, 0.3) is 11.1 Å². The standard InChI is InChI=1S/C20H20N4O4/c1-20(2,3)17(25)16(18-22-14-7-5-6-8-15(14)27-18)23-28-19(26)24(4)13-9-11-21-12-10-13/h5-12H,1-4H3. The first-order valence-corrected chi connectivity index (χ1v) is 8.61. The molecule has 0 bridgehead atoms. The lowest BCUT2D eigenvalue weighted by Crippen LogP contribution is -2.31. The molecule has 3 rings (SSSR count). The van der Waals surface area contributed by atoms with Gasteiger partial charge in [0.15, 0.2) is 11.4 Å². The lowest BCUT2D eigenvalue weighted by atomic mass is 9.88. The van der Waals surface area contributed by atoms with E-state index in [9.17, 15) is 9.59 Å². The van der Waals surface area contributed by atoms with Crippen LogP contribution in [0.15, 0.2) is 58.4 Å². The van der Waals surface area contributed by atoms with Gasteiger partial charge in [0, 0.05) is 30.5 Å². The number of nitrogens with zero attached hydrogens (tertiary/aromatic N) is 4. The summed E-state index contributed by atoms with van der Waals surface area (Å²) < 4.78 is 5.65. The lowest BCUT2D eigenvalue weighted by molar-refractivity contribution is -0.119. The van der Waals surface area contributed by atoms with Gasteiger partial charge in [0.2, 0.25) is 5.71 Å². The zero-order chi connectivity index (χ0) is 20.3. The monoisotopic (exact) mass is 380 g/mol.